The van der Waals surface area contributed by atoms with Gasteiger partial charge < -0.3 is 15.8 Å². The summed E-state index contributed by atoms with van der Waals surface area (Å²) in [7, 11) is 0. The van der Waals surface area contributed by atoms with Crippen molar-refractivity contribution in [3.63, 3.8) is 0 Å². The number of aliphatic carboxylic acids is 1. The number of carboxylic acid groups (broad SMARTS) is 1. The zero-order valence-electron chi connectivity index (χ0n) is 10.9. The molecule has 1 aromatic carbocycles. The lowest BCUT2D eigenvalue weighted by molar-refractivity contribution is -0.137. The lowest BCUT2D eigenvalue weighted by Crippen LogP contribution is -2.32. The van der Waals surface area contributed by atoms with E-state index < -0.39 is 12.0 Å². The number of para-hydroxylation sites is 1. The minimum atomic E-state index is -1.03. The van der Waals surface area contributed by atoms with Gasteiger partial charge in [-0.3, -0.25) is 9.59 Å². The SMILES string of the molecule is Cc1cccc2c(=O)[nH]c(CSC[C@H](N)C(=O)O)nc12. The van der Waals surface area contributed by atoms with Gasteiger partial charge in [0.2, 0.25) is 0 Å². The predicted octanol–water partition coefficient (Wildman–Crippen LogP) is 0.877. The molecular weight excluding hydrogens is 278 g/mol. The summed E-state index contributed by atoms with van der Waals surface area (Å²) in [5, 5.41) is 9.25. The number of aromatic nitrogens is 2. The van der Waals surface area contributed by atoms with Gasteiger partial charge in [0.1, 0.15) is 11.9 Å². The van der Waals surface area contributed by atoms with Gasteiger partial charge in [-0.05, 0) is 18.6 Å². The molecule has 0 amide bonds. The van der Waals surface area contributed by atoms with Crippen LogP contribution in [0.5, 0.6) is 0 Å². The molecular formula is C13H15N3O3S. The normalized spacial score (nSPS) is 12.5. The van der Waals surface area contributed by atoms with Crippen LogP contribution in [-0.4, -0.2) is 32.8 Å². The predicted molar refractivity (Wildman–Crippen MR) is 78.9 cm³/mol. The van der Waals surface area contributed by atoms with Gasteiger partial charge in [0.15, 0.2) is 0 Å². The maximum absolute atomic E-state index is 11.9. The molecule has 106 valence electrons. The van der Waals surface area contributed by atoms with E-state index in [0.29, 0.717) is 22.5 Å². The Morgan fingerprint density at radius 3 is 3.00 bits per heavy atom. The van der Waals surface area contributed by atoms with Gasteiger partial charge in [0.05, 0.1) is 16.7 Å². The number of benzene rings is 1. The lowest BCUT2D eigenvalue weighted by Gasteiger charge is -2.07. The number of aromatic amines is 1. The fourth-order valence-corrected chi connectivity index (χ4v) is 2.62. The largest absolute Gasteiger partial charge is 0.480 e. The number of thioether (sulfide) groups is 1. The second-order valence-corrected chi connectivity index (χ2v) is 5.47. The summed E-state index contributed by atoms with van der Waals surface area (Å²) in [6.45, 7) is 1.89. The molecule has 0 radical (unpaired) electrons. The number of nitrogens with one attached hydrogen (secondary N) is 1. The number of hydrogen-bond donors (Lipinski definition) is 3. The second kappa shape index (κ2) is 6.06. The topological polar surface area (TPSA) is 109 Å². The quantitative estimate of drug-likeness (QED) is 0.755. The van der Waals surface area contributed by atoms with E-state index in [0.717, 1.165) is 5.56 Å². The van der Waals surface area contributed by atoms with Crippen LogP contribution < -0.4 is 11.3 Å². The standard InChI is InChI=1S/C13H15N3O3S/c1-7-3-2-4-8-11(7)15-10(16-12(8)17)6-20-5-9(14)13(18)19/h2-4,9H,5-6,14H2,1H3,(H,18,19)(H,15,16,17)/t9-/m0/s1. The van der Waals surface area contributed by atoms with Gasteiger partial charge in [0.25, 0.3) is 5.56 Å². The van der Waals surface area contributed by atoms with Crippen LogP contribution in [-0.2, 0) is 10.5 Å². The average Bonchev–Trinajstić information content (AvgIpc) is 2.40. The summed E-state index contributed by atoms with van der Waals surface area (Å²) >= 11 is 1.33. The van der Waals surface area contributed by atoms with E-state index in [9.17, 15) is 9.59 Å². The van der Waals surface area contributed by atoms with Gasteiger partial charge in [-0.25, -0.2) is 4.98 Å². The number of fused-ring (bicyclic) bond motifs is 1. The minimum absolute atomic E-state index is 0.183. The molecule has 0 fully saturated rings. The number of rotatable bonds is 5. The van der Waals surface area contributed by atoms with Crippen molar-refractivity contribution >= 4 is 28.6 Å². The fourth-order valence-electron chi connectivity index (χ4n) is 1.77. The highest BCUT2D eigenvalue weighted by Crippen LogP contribution is 2.14. The Labute approximate surface area is 119 Å². The van der Waals surface area contributed by atoms with Crippen LogP contribution in [0, 0.1) is 6.92 Å². The molecule has 0 unspecified atom stereocenters. The third kappa shape index (κ3) is 3.17. The van der Waals surface area contributed by atoms with Crippen molar-refractivity contribution < 1.29 is 9.90 Å². The molecule has 4 N–H and O–H groups in total. The maximum atomic E-state index is 11.9. The third-order valence-electron chi connectivity index (χ3n) is 2.84. The van der Waals surface area contributed by atoms with Crippen LogP contribution in [0.4, 0.5) is 0 Å². The van der Waals surface area contributed by atoms with Gasteiger partial charge >= 0.3 is 5.97 Å². The second-order valence-electron chi connectivity index (χ2n) is 4.44. The number of nitrogens with zero attached hydrogens (tertiary/aromatic N) is 1. The van der Waals surface area contributed by atoms with Crippen molar-refractivity contribution in [2.24, 2.45) is 5.73 Å². The Morgan fingerprint density at radius 2 is 2.30 bits per heavy atom. The van der Waals surface area contributed by atoms with Gasteiger partial charge in [-0.15, -0.1) is 0 Å². The van der Waals surface area contributed by atoms with Crippen LogP contribution in [0.2, 0.25) is 0 Å². The third-order valence-corrected chi connectivity index (χ3v) is 3.91. The smallest absolute Gasteiger partial charge is 0.321 e. The molecule has 0 saturated heterocycles. The lowest BCUT2D eigenvalue weighted by atomic mass is 10.1. The number of carbonyl (C=O) groups is 1. The van der Waals surface area contributed by atoms with E-state index in [1.165, 1.54) is 11.8 Å². The number of carboxylic acids is 1. The molecule has 6 nitrogen and oxygen atoms in total. The van der Waals surface area contributed by atoms with Crippen LogP contribution in [0.15, 0.2) is 23.0 Å². The molecule has 0 aliphatic rings. The molecule has 0 spiro atoms. The van der Waals surface area contributed by atoms with E-state index in [2.05, 4.69) is 9.97 Å². The molecule has 1 atom stereocenters. The summed E-state index contributed by atoms with van der Waals surface area (Å²) in [4.78, 5) is 29.7. The van der Waals surface area contributed by atoms with Crippen molar-refractivity contribution in [1.82, 2.24) is 9.97 Å². The van der Waals surface area contributed by atoms with E-state index in [1.807, 2.05) is 19.1 Å². The Hall–Kier alpha value is -1.86. The average molecular weight is 293 g/mol. The Balaban J connectivity index is 2.18. The van der Waals surface area contributed by atoms with Crippen LogP contribution >= 0.6 is 11.8 Å². The van der Waals surface area contributed by atoms with E-state index >= 15 is 0 Å². The maximum Gasteiger partial charge on any atom is 0.321 e. The van der Waals surface area contributed by atoms with E-state index in [1.54, 1.807) is 6.07 Å². The van der Waals surface area contributed by atoms with Crippen molar-refractivity contribution in [2.75, 3.05) is 5.75 Å². The summed E-state index contributed by atoms with van der Waals surface area (Å²) in [6, 6.07) is 4.53. The van der Waals surface area contributed by atoms with Crippen molar-refractivity contribution in [2.45, 2.75) is 18.7 Å². The number of H-pyrrole nitrogens is 1. The van der Waals surface area contributed by atoms with Gasteiger partial charge in [-0.1, -0.05) is 12.1 Å². The Morgan fingerprint density at radius 1 is 1.55 bits per heavy atom. The van der Waals surface area contributed by atoms with Crippen LogP contribution in [0.3, 0.4) is 0 Å². The summed E-state index contributed by atoms with van der Waals surface area (Å²) in [6.07, 6.45) is 0. The highest BCUT2D eigenvalue weighted by Gasteiger charge is 2.12. The molecule has 1 aromatic heterocycles. The van der Waals surface area contributed by atoms with Gasteiger partial charge in [-0.2, -0.15) is 11.8 Å². The van der Waals surface area contributed by atoms with Crippen molar-refractivity contribution in [3.8, 4) is 0 Å². The molecule has 0 saturated carbocycles. The van der Waals surface area contributed by atoms with Crippen molar-refractivity contribution in [1.29, 1.82) is 0 Å². The van der Waals surface area contributed by atoms with E-state index in [-0.39, 0.29) is 11.3 Å². The summed E-state index contributed by atoms with van der Waals surface area (Å²) in [5.41, 5.74) is 6.84. The van der Waals surface area contributed by atoms with E-state index in [4.69, 9.17) is 10.8 Å². The first-order valence-electron chi connectivity index (χ1n) is 6.03. The number of nitrogens with two attached hydrogens (primary N) is 1. The molecule has 20 heavy (non-hydrogen) atoms. The molecule has 2 aromatic rings. The molecule has 1 heterocycles. The Bertz CT molecular complexity index is 699. The number of hydrogen-bond acceptors (Lipinski definition) is 5. The number of aryl methyl sites for hydroxylation is 1. The molecule has 7 heteroatoms. The van der Waals surface area contributed by atoms with Crippen LogP contribution in [0.25, 0.3) is 10.9 Å². The molecule has 0 aliphatic carbocycles. The zero-order valence-corrected chi connectivity index (χ0v) is 11.7. The monoisotopic (exact) mass is 293 g/mol. The zero-order chi connectivity index (χ0) is 14.7. The van der Waals surface area contributed by atoms with Crippen LogP contribution in [0.1, 0.15) is 11.4 Å². The highest BCUT2D eigenvalue weighted by atomic mass is 32.2. The fraction of sp³-hybridized carbons (Fsp3) is 0.308. The Kier molecular flexibility index (Phi) is 4.41. The van der Waals surface area contributed by atoms with Gasteiger partial charge in [0, 0.05) is 5.75 Å². The van der Waals surface area contributed by atoms with Crippen molar-refractivity contribution in [3.05, 3.63) is 39.9 Å². The summed E-state index contributed by atoms with van der Waals surface area (Å²) < 4.78 is 0. The molecule has 0 bridgehead atoms. The highest BCUT2D eigenvalue weighted by molar-refractivity contribution is 7.98. The summed E-state index contributed by atoms with van der Waals surface area (Å²) in [5.74, 6) is 0.179. The molecule has 0 aliphatic heterocycles. The molecule has 2 rings (SSSR count). The minimum Gasteiger partial charge on any atom is -0.480 e. The first-order valence-corrected chi connectivity index (χ1v) is 7.19. The first-order chi connectivity index (χ1) is 9.49. The first kappa shape index (κ1) is 14.5.